The Morgan fingerprint density at radius 2 is 2.17 bits per heavy atom. The molecule has 0 fully saturated rings. The molecule has 0 amide bonds. The average molecular weight is 307 g/mol. The molecule has 0 unspecified atom stereocenters. The van der Waals surface area contributed by atoms with Crippen LogP contribution in [0.25, 0.3) is 0 Å². The number of nitrogen functional groups attached to an aromatic ring is 1. The van der Waals surface area contributed by atoms with E-state index >= 15 is 0 Å². The Morgan fingerprint density at radius 1 is 1.26 bits per heavy atom. The molecule has 0 bridgehead atoms. The number of nitrogens with two attached hydrogens (primary N) is 1. The van der Waals surface area contributed by atoms with Gasteiger partial charge >= 0.3 is 0 Å². The number of hydrogen-bond donors (Lipinski definition) is 4. The minimum atomic E-state index is 0.531. The Balaban J connectivity index is 1.66. The predicted octanol–water partition coefficient (Wildman–Crippen LogP) is 0.438. The van der Waals surface area contributed by atoms with Crippen LogP contribution in [-0.2, 0) is 6.42 Å². The van der Waals surface area contributed by atoms with E-state index in [4.69, 9.17) is 5.73 Å². The van der Waals surface area contributed by atoms with Crippen LogP contribution in [-0.4, -0.2) is 34.3 Å². The second-order valence-electron chi connectivity index (χ2n) is 5.21. The summed E-state index contributed by atoms with van der Waals surface area (Å²) in [7, 11) is 1.97. The Morgan fingerprint density at radius 3 is 2.96 bits per heavy atom. The van der Waals surface area contributed by atoms with Gasteiger partial charge in [-0.2, -0.15) is 4.98 Å². The zero-order valence-electron chi connectivity index (χ0n) is 12.9. The van der Waals surface area contributed by atoms with E-state index in [1.165, 1.54) is 0 Å². The van der Waals surface area contributed by atoms with Gasteiger partial charge in [0.25, 0.3) is 0 Å². The third-order valence-corrected chi connectivity index (χ3v) is 3.34. The van der Waals surface area contributed by atoms with Crippen molar-refractivity contribution in [3.8, 4) is 0 Å². The lowest BCUT2D eigenvalue weighted by molar-refractivity contribution is 0.967. The zero-order chi connectivity index (χ0) is 16.1. The molecule has 7 nitrogen and oxygen atoms in total. The summed E-state index contributed by atoms with van der Waals surface area (Å²) in [4.78, 5) is 16.0. The summed E-state index contributed by atoms with van der Waals surface area (Å²) >= 11 is 0. The smallest absolute Gasteiger partial charge is 0.229 e. The largest absolute Gasteiger partial charge is 0.399 e. The summed E-state index contributed by atoms with van der Waals surface area (Å²) in [5, 5.41) is 6.48. The number of aromatic amines is 1. The number of benzene rings is 1. The van der Waals surface area contributed by atoms with Crippen LogP contribution in [0.2, 0.25) is 0 Å². The molecule has 2 aromatic heterocycles. The minimum Gasteiger partial charge on any atom is -0.399 e. The molecule has 23 heavy (non-hydrogen) atoms. The molecule has 0 atom stereocenters. The second-order valence-corrected chi connectivity index (χ2v) is 5.21. The molecule has 3 rings (SSSR count). The molecule has 0 saturated carbocycles. The van der Waals surface area contributed by atoms with Crippen LogP contribution >= 0.6 is 0 Å². The molecular weight excluding hydrogens is 289 g/mol. The first-order valence-corrected chi connectivity index (χ1v) is 7.38. The maximum atomic E-state index is 5.78. The number of rotatable bonds is 6. The van der Waals surface area contributed by atoms with E-state index in [0.717, 1.165) is 35.6 Å². The van der Waals surface area contributed by atoms with Crippen molar-refractivity contribution in [2.45, 2.75) is 6.42 Å². The van der Waals surface area contributed by atoms with Gasteiger partial charge in [0.05, 0.1) is 12.0 Å². The van der Waals surface area contributed by atoms with Gasteiger partial charge in [0, 0.05) is 36.7 Å². The SMILES string of the molecule is Bc1cnc(Nc2cccc(N)c2)nc1NCCc1c[nH]cn1. The van der Waals surface area contributed by atoms with E-state index in [1.807, 2.05) is 38.3 Å². The van der Waals surface area contributed by atoms with Crippen molar-refractivity contribution in [1.82, 2.24) is 19.9 Å². The number of aromatic nitrogens is 4. The van der Waals surface area contributed by atoms with Crippen LogP contribution in [0.3, 0.4) is 0 Å². The predicted molar refractivity (Wildman–Crippen MR) is 95.1 cm³/mol. The monoisotopic (exact) mass is 307 g/mol. The van der Waals surface area contributed by atoms with Crippen molar-refractivity contribution in [3.63, 3.8) is 0 Å². The first-order valence-electron chi connectivity index (χ1n) is 7.38. The molecule has 0 aliphatic rings. The molecule has 2 heterocycles. The van der Waals surface area contributed by atoms with Gasteiger partial charge in [-0.25, -0.2) is 9.97 Å². The molecule has 0 radical (unpaired) electrons. The van der Waals surface area contributed by atoms with E-state index in [0.29, 0.717) is 11.6 Å². The van der Waals surface area contributed by atoms with Crippen molar-refractivity contribution in [3.05, 3.63) is 48.7 Å². The highest BCUT2D eigenvalue weighted by molar-refractivity contribution is 6.35. The molecule has 8 heteroatoms. The molecule has 0 saturated heterocycles. The van der Waals surface area contributed by atoms with Gasteiger partial charge in [-0.05, 0) is 23.7 Å². The molecule has 0 aliphatic carbocycles. The Bertz CT molecular complexity index is 773. The molecule has 0 spiro atoms. The zero-order valence-corrected chi connectivity index (χ0v) is 12.9. The van der Waals surface area contributed by atoms with Crippen LogP contribution in [0, 0.1) is 0 Å². The van der Waals surface area contributed by atoms with Crippen LogP contribution in [0.4, 0.5) is 23.1 Å². The summed E-state index contributed by atoms with van der Waals surface area (Å²) in [6.45, 7) is 0.750. The van der Waals surface area contributed by atoms with Crippen molar-refractivity contribution < 1.29 is 0 Å². The van der Waals surface area contributed by atoms with Gasteiger partial charge in [0.15, 0.2) is 0 Å². The van der Waals surface area contributed by atoms with E-state index in [1.54, 1.807) is 12.5 Å². The van der Waals surface area contributed by atoms with Gasteiger partial charge < -0.3 is 21.4 Å². The van der Waals surface area contributed by atoms with Gasteiger partial charge in [0.2, 0.25) is 5.95 Å². The summed E-state index contributed by atoms with van der Waals surface area (Å²) in [5.41, 5.74) is 9.34. The summed E-state index contributed by atoms with van der Waals surface area (Å²) < 4.78 is 0. The topological polar surface area (TPSA) is 105 Å². The molecule has 3 aromatic rings. The first-order chi connectivity index (χ1) is 11.2. The Kier molecular flexibility index (Phi) is 4.42. The maximum Gasteiger partial charge on any atom is 0.229 e. The fourth-order valence-electron chi connectivity index (χ4n) is 2.16. The van der Waals surface area contributed by atoms with Crippen LogP contribution in [0.5, 0.6) is 0 Å². The number of imidazole rings is 1. The number of anilines is 4. The Labute approximate surface area is 135 Å². The standard InChI is InChI=1S/C15H18BN7/c16-13-8-20-15(22-11-3-1-2-10(17)6-11)23-14(13)19-5-4-12-7-18-9-21-12/h1-3,6-9H,4-5,16-17H2,(H,18,21)(H2,19,20,22,23). The highest BCUT2D eigenvalue weighted by Gasteiger charge is 2.04. The summed E-state index contributed by atoms with van der Waals surface area (Å²) in [6.07, 6.45) is 6.18. The lowest BCUT2D eigenvalue weighted by atomic mass is 9.99. The van der Waals surface area contributed by atoms with E-state index < -0.39 is 0 Å². The fourth-order valence-corrected chi connectivity index (χ4v) is 2.16. The summed E-state index contributed by atoms with van der Waals surface area (Å²) in [6, 6.07) is 7.48. The van der Waals surface area contributed by atoms with Gasteiger partial charge in [-0.1, -0.05) is 6.07 Å². The van der Waals surface area contributed by atoms with E-state index in [2.05, 4.69) is 30.6 Å². The van der Waals surface area contributed by atoms with Crippen molar-refractivity contribution in [2.75, 3.05) is 22.9 Å². The second kappa shape index (κ2) is 6.82. The minimum absolute atomic E-state index is 0.531. The van der Waals surface area contributed by atoms with E-state index in [9.17, 15) is 0 Å². The van der Waals surface area contributed by atoms with Crippen molar-refractivity contribution in [1.29, 1.82) is 0 Å². The molecule has 1 aromatic carbocycles. The molecule has 116 valence electrons. The van der Waals surface area contributed by atoms with Crippen LogP contribution in [0.15, 0.2) is 43.0 Å². The van der Waals surface area contributed by atoms with Crippen molar-refractivity contribution >= 4 is 36.5 Å². The van der Waals surface area contributed by atoms with Gasteiger partial charge in [-0.15, -0.1) is 0 Å². The lowest BCUT2D eigenvalue weighted by Gasteiger charge is -2.11. The quantitative estimate of drug-likeness (QED) is 0.389. The third kappa shape index (κ3) is 4.00. The Hall–Kier alpha value is -3.03. The molecular formula is C15H18BN7. The van der Waals surface area contributed by atoms with Gasteiger partial charge in [0.1, 0.15) is 13.7 Å². The maximum absolute atomic E-state index is 5.78. The number of nitrogens with zero attached hydrogens (tertiary/aromatic N) is 3. The number of H-pyrrole nitrogens is 1. The normalized spacial score (nSPS) is 10.4. The lowest BCUT2D eigenvalue weighted by Crippen LogP contribution is -2.18. The highest BCUT2D eigenvalue weighted by Crippen LogP contribution is 2.16. The molecule has 0 aliphatic heterocycles. The summed E-state index contributed by atoms with van der Waals surface area (Å²) in [5.74, 6) is 1.34. The van der Waals surface area contributed by atoms with Crippen LogP contribution < -0.4 is 21.8 Å². The average Bonchev–Trinajstić information content (AvgIpc) is 3.04. The molecule has 5 N–H and O–H groups in total. The van der Waals surface area contributed by atoms with Crippen molar-refractivity contribution in [2.24, 2.45) is 0 Å². The van der Waals surface area contributed by atoms with Gasteiger partial charge in [-0.3, -0.25) is 0 Å². The fraction of sp³-hybridized carbons (Fsp3) is 0.133. The van der Waals surface area contributed by atoms with Crippen LogP contribution in [0.1, 0.15) is 5.69 Å². The number of nitrogens with one attached hydrogen (secondary N) is 3. The first kappa shape index (κ1) is 14.9. The third-order valence-electron chi connectivity index (χ3n) is 3.34. The highest BCUT2D eigenvalue weighted by atomic mass is 15.1. The number of hydrogen-bond acceptors (Lipinski definition) is 6. The van der Waals surface area contributed by atoms with E-state index in [-0.39, 0.29) is 0 Å².